The van der Waals surface area contributed by atoms with Gasteiger partial charge in [-0.1, -0.05) is 0 Å². The predicted molar refractivity (Wildman–Crippen MR) is 94.3 cm³/mol. The molecule has 3 aliphatic rings. The van der Waals surface area contributed by atoms with Gasteiger partial charge in [-0.25, -0.2) is 0 Å². The van der Waals surface area contributed by atoms with Crippen molar-refractivity contribution in [1.82, 2.24) is 24.6 Å². The van der Waals surface area contributed by atoms with E-state index < -0.39 is 0 Å². The van der Waals surface area contributed by atoms with Crippen LogP contribution in [-0.4, -0.2) is 80.2 Å². The molecule has 7 heteroatoms. The maximum absolute atomic E-state index is 9.39. The van der Waals surface area contributed by atoms with E-state index in [-0.39, 0.29) is 19.3 Å². The van der Waals surface area contributed by atoms with Gasteiger partial charge in [0.05, 0.1) is 25.8 Å². The van der Waals surface area contributed by atoms with Crippen molar-refractivity contribution in [3.63, 3.8) is 0 Å². The van der Waals surface area contributed by atoms with Crippen molar-refractivity contribution in [3.8, 4) is 0 Å². The van der Waals surface area contributed by atoms with Gasteiger partial charge >= 0.3 is 0 Å². The van der Waals surface area contributed by atoms with Crippen molar-refractivity contribution in [2.75, 3.05) is 39.4 Å². The van der Waals surface area contributed by atoms with Crippen LogP contribution in [0.4, 0.5) is 0 Å². The van der Waals surface area contributed by atoms with Gasteiger partial charge in [-0.15, -0.1) is 10.2 Å². The Morgan fingerprint density at radius 2 is 1.60 bits per heavy atom. The van der Waals surface area contributed by atoms with Crippen LogP contribution in [0.5, 0.6) is 0 Å². The quantitative estimate of drug-likeness (QED) is 0.756. The minimum Gasteiger partial charge on any atom is -0.395 e. The Morgan fingerprint density at radius 1 is 0.920 bits per heavy atom. The van der Waals surface area contributed by atoms with Gasteiger partial charge in [0.15, 0.2) is 0 Å². The summed E-state index contributed by atoms with van der Waals surface area (Å²) in [5.41, 5.74) is 0. The zero-order valence-corrected chi connectivity index (χ0v) is 15.1. The van der Waals surface area contributed by atoms with Crippen LogP contribution in [0, 0.1) is 0 Å². The maximum atomic E-state index is 9.39. The summed E-state index contributed by atoms with van der Waals surface area (Å²) in [6.07, 6.45) is 7.19. The highest BCUT2D eigenvalue weighted by Crippen LogP contribution is 2.40. The summed E-state index contributed by atoms with van der Waals surface area (Å²) in [7, 11) is 0. The van der Waals surface area contributed by atoms with E-state index >= 15 is 0 Å². The molecule has 0 aromatic carbocycles. The molecule has 2 aliphatic heterocycles. The molecule has 3 fully saturated rings. The van der Waals surface area contributed by atoms with Gasteiger partial charge in [0.25, 0.3) is 0 Å². The fourth-order valence-electron chi connectivity index (χ4n) is 4.41. The molecule has 0 unspecified atom stereocenters. The van der Waals surface area contributed by atoms with Crippen LogP contribution in [0.2, 0.25) is 0 Å². The topological polar surface area (TPSA) is 77.7 Å². The molecule has 7 nitrogen and oxygen atoms in total. The smallest absolute Gasteiger partial charge is 0.147 e. The van der Waals surface area contributed by atoms with Gasteiger partial charge in [-0.05, 0) is 64.7 Å². The number of aliphatic hydroxyl groups excluding tert-OH is 2. The Morgan fingerprint density at radius 3 is 2.20 bits per heavy atom. The number of likely N-dealkylation sites (tertiary alicyclic amines) is 2. The Labute approximate surface area is 149 Å². The minimum atomic E-state index is -0.118. The second-order valence-electron chi connectivity index (χ2n) is 7.89. The first-order valence-electron chi connectivity index (χ1n) is 9.92. The third kappa shape index (κ3) is 3.74. The van der Waals surface area contributed by atoms with Crippen LogP contribution in [0.1, 0.15) is 62.1 Å². The summed E-state index contributed by atoms with van der Waals surface area (Å²) in [6.45, 7) is 5.20. The number of hydrogen-bond donors (Lipinski definition) is 2. The molecule has 0 bridgehead atoms. The Balaban J connectivity index is 1.44. The number of piperidine rings is 1. The second kappa shape index (κ2) is 7.70. The highest BCUT2D eigenvalue weighted by molar-refractivity contribution is 5.09. The molecule has 0 radical (unpaired) electrons. The van der Waals surface area contributed by atoms with Crippen LogP contribution in [0.25, 0.3) is 0 Å². The number of aromatic nitrogens is 3. The van der Waals surface area contributed by atoms with E-state index in [1.54, 1.807) is 0 Å². The number of nitrogens with zero attached hydrogens (tertiary/aromatic N) is 5. The van der Waals surface area contributed by atoms with Gasteiger partial charge < -0.3 is 14.8 Å². The molecule has 140 valence electrons. The van der Waals surface area contributed by atoms with Crippen molar-refractivity contribution < 1.29 is 10.2 Å². The first kappa shape index (κ1) is 17.4. The third-order valence-corrected chi connectivity index (χ3v) is 6.10. The lowest BCUT2D eigenvalue weighted by molar-refractivity contribution is 0.0560. The third-order valence-electron chi connectivity index (χ3n) is 6.10. The van der Waals surface area contributed by atoms with E-state index in [4.69, 9.17) is 0 Å². The lowest BCUT2D eigenvalue weighted by Gasteiger charge is -2.35. The van der Waals surface area contributed by atoms with Gasteiger partial charge in [0.1, 0.15) is 11.6 Å². The molecule has 0 amide bonds. The monoisotopic (exact) mass is 349 g/mol. The molecule has 0 spiro atoms. The van der Waals surface area contributed by atoms with Crippen LogP contribution >= 0.6 is 0 Å². The molecule has 25 heavy (non-hydrogen) atoms. The average molecular weight is 349 g/mol. The Hall–Kier alpha value is -1.02. The number of hydrogen-bond acceptors (Lipinski definition) is 6. The van der Waals surface area contributed by atoms with Crippen molar-refractivity contribution in [1.29, 1.82) is 0 Å². The van der Waals surface area contributed by atoms with E-state index in [1.165, 1.54) is 44.6 Å². The average Bonchev–Trinajstić information content (AvgIpc) is 3.18. The molecule has 3 heterocycles. The highest BCUT2D eigenvalue weighted by atomic mass is 16.3. The lowest BCUT2D eigenvalue weighted by Crippen LogP contribution is -2.45. The van der Waals surface area contributed by atoms with Crippen LogP contribution < -0.4 is 0 Å². The molecule has 2 saturated heterocycles. The molecular formula is C18H31N5O2. The standard InChI is InChI=1S/C18H31N5O2/c24-12-16(13-25)22-9-5-14(6-10-22)18-20-19-17(23(18)15-3-4-15)11-21-7-1-2-8-21/h14-16,24-25H,1-13H2. The molecule has 1 aromatic rings. The van der Waals surface area contributed by atoms with E-state index in [2.05, 4.69) is 24.6 Å². The Bertz CT molecular complexity index is 556. The number of rotatable bonds is 7. The van der Waals surface area contributed by atoms with Gasteiger partial charge in [-0.3, -0.25) is 9.80 Å². The van der Waals surface area contributed by atoms with Crippen molar-refractivity contribution in [2.24, 2.45) is 0 Å². The first-order valence-corrected chi connectivity index (χ1v) is 9.92. The second-order valence-corrected chi connectivity index (χ2v) is 7.89. The van der Waals surface area contributed by atoms with Crippen molar-refractivity contribution >= 4 is 0 Å². The first-order chi connectivity index (χ1) is 12.3. The zero-order valence-electron chi connectivity index (χ0n) is 15.1. The molecule has 1 aliphatic carbocycles. The van der Waals surface area contributed by atoms with E-state index in [0.717, 1.165) is 38.3 Å². The summed E-state index contributed by atoms with van der Waals surface area (Å²) in [6, 6.07) is 0.497. The van der Waals surface area contributed by atoms with Gasteiger partial charge in [0.2, 0.25) is 0 Å². The van der Waals surface area contributed by atoms with Crippen LogP contribution in [0.15, 0.2) is 0 Å². The largest absolute Gasteiger partial charge is 0.395 e. The van der Waals surface area contributed by atoms with Crippen LogP contribution in [-0.2, 0) is 6.54 Å². The van der Waals surface area contributed by atoms with E-state index in [0.29, 0.717) is 12.0 Å². The molecule has 0 atom stereocenters. The van der Waals surface area contributed by atoms with Crippen molar-refractivity contribution in [3.05, 3.63) is 11.6 Å². The fraction of sp³-hybridized carbons (Fsp3) is 0.889. The van der Waals surface area contributed by atoms with E-state index in [9.17, 15) is 10.2 Å². The number of aliphatic hydroxyl groups is 2. The SMILES string of the molecule is OCC(CO)N1CCC(c2nnc(CN3CCCC3)n2C2CC2)CC1. The van der Waals surface area contributed by atoms with Gasteiger partial charge in [0, 0.05) is 12.0 Å². The maximum Gasteiger partial charge on any atom is 0.147 e. The Kier molecular flexibility index (Phi) is 5.36. The summed E-state index contributed by atoms with van der Waals surface area (Å²) >= 11 is 0. The van der Waals surface area contributed by atoms with Crippen molar-refractivity contribution in [2.45, 2.75) is 63.1 Å². The summed E-state index contributed by atoms with van der Waals surface area (Å²) < 4.78 is 2.45. The van der Waals surface area contributed by atoms with Crippen LogP contribution in [0.3, 0.4) is 0 Å². The summed E-state index contributed by atoms with van der Waals surface area (Å²) in [5, 5.41) is 28.0. The molecule has 2 N–H and O–H groups in total. The lowest BCUT2D eigenvalue weighted by atomic mass is 9.95. The molecule has 1 aromatic heterocycles. The summed E-state index contributed by atoms with van der Waals surface area (Å²) in [5.74, 6) is 2.79. The molecular weight excluding hydrogens is 318 g/mol. The minimum absolute atomic E-state index is 0.0272. The van der Waals surface area contributed by atoms with Gasteiger partial charge in [-0.2, -0.15) is 0 Å². The highest BCUT2D eigenvalue weighted by Gasteiger charge is 2.34. The molecule has 4 rings (SSSR count). The zero-order chi connectivity index (χ0) is 17.2. The summed E-state index contributed by atoms with van der Waals surface area (Å²) in [4.78, 5) is 4.71. The fourth-order valence-corrected chi connectivity index (χ4v) is 4.41. The predicted octanol–water partition coefficient (Wildman–Crippen LogP) is 0.741. The molecule has 1 saturated carbocycles. The normalized spacial score (nSPS) is 23.8. The van der Waals surface area contributed by atoms with E-state index in [1.807, 2.05) is 0 Å².